The maximum atomic E-state index is 13.4. The van der Waals surface area contributed by atoms with E-state index in [4.69, 9.17) is 0 Å². The molecule has 0 aromatic heterocycles. The van der Waals surface area contributed by atoms with Crippen molar-refractivity contribution in [1.82, 2.24) is 5.32 Å². The number of amides is 3. The van der Waals surface area contributed by atoms with Gasteiger partial charge >= 0.3 is 12.2 Å². The van der Waals surface area contributed by atoms with Gasteiger partial charge < -0.3 is 16.0 Å². The normalized spacial score (nSPS) is 10.9. The molecule has 9 heteroatoms. The fraction of sp³-hybridized carbons (Fsp3) is 0.125. The van der Waals surface area contributed by atoms with Crippen LogP contribution in [0.25, 0.3) is 0 Å². The van der Waals surface area contributed by atoms with Gasteiger partial charge in [0.25, 0.3) is 0 Å². The van der Waals surface area contributed by atoms with Crippen LogP contribution in [0.15, 0.2) is 48.5 Å². The zero-order valence-corrected chi connectivity index (χ0v) is 12.7. The summed E-state index contributed by atoms with van der Waals surface area (Å²) >= 11 is 0. The van der Waals surface area contributed by atoms with Crippen molar-refractivity contribution in [2.75, 3.05) is 17.2 Å². The molecule has 0 aliphatic rings. The Morgan fingerprint density at radius 3 is 2.16 bits per heavy atom. The highest BCUT2D eigenvalue weighted by molar-refractivity contribution is 5.96. The first-order chi connectivity index (χ1) is 11.8. The van der Waals surface area contributed by atoms with E-state index >= 15 is 0 Å². The number of hydrogen-bond donors (Lipinski definition) is 3. The molecule has 0 unspecified atom stereocenters. The van der Waals surface area contributed by atoms with Gasteiger partial charge in [-0.1, -0.05) is 12.1 Å². The van der Waals surface area contributed by atoms with Gasteiger partial charge in [-0.2, -0.15) is 13.2 Å². The average Bonchev–Trinajstić information content (AvgIpc) is 2.55. The molecule has 3 N–H and O–H groups in total. The quantitative estimate of drug-likeness (QED) is 0.734. The Labute approximate surface area is 140 Å². The Hall–Kier alpha value is -3.10. The molecule has 2 aromatic carbocycles. The first kappa shape index (κ1) is 18.2. The number of carbonyl (C=O) groups is 2. The van der Waals surface area contributed by atoms with Gasteiger partial charge in [0.1, 0.15) is 5.82 Å². The molecule has 25 heavy (non-hydrogen) atoms. The molecule has 0 fully saturated rings. The third-order valence-electron chi connectivity index (χ3n) is 3.03. The Bertz CT molecular complexity index is 761. The summed E-state index contributed by atoms with van der Waals surface area (Å²) in [6.07, 6.45) is -4.46. The summed E-state index contributed by atoms with van der Waals surface area (Å²) in [5.74, 6) is -1.28. The number of rotatable bonds is 4. The van der Waals surface area contributed by atoms with E-state index in [9.17, 15) is 27.2 Å². The van der Waals surface area contributed by atoms with E-state index in [1.807, 2.05) is 0 Å². The van der Waals surface area contributed by atoms with Crippen LogP contribution in [0.4, 0.5) is 33.7 Å². The van der Waals surface area contributed by atoms with Crippen LogP contribution in [-0.2, 0) is 11.0 Å². The molecule has 0 bridgehead atoms. The van der Waals surface area contributed by atoms with E-state index in [0.717, 1.165) is 30.3 Å². The minimum absolute atomic E-state index is 0.0526. The summed E-state index contributed by atoms with van der Waals surface area (Å²) in [7, 11) is 0. The van der Waals surface area contributed by atoms with Crippen molar-refractivity contribution < 1.29 is 27.2 Å². The number of nitrogens with one attached hydrogen (secondary N) is 3. The number of halogens is 4. The van der Waals surface area contributed by atoms with Crippen LogP contribution in [0.5, 0.6) is 0 Å². The Balaban J connectivity index is 1.82. The molecule has 0 heterocycles. The van der Waals surface area contributed by atoms with E-state index in [1.165, 1.54) is 18.2 Å². The molecule has 2 rings (SSSR count). The molecule has 0 spiro atoms. The third-order valence-corrected chi connectivity index (χ3v) is 3.03. The number of urea groups is 1. The SMILES string of the molecule is O=C(CNC(=O)Nc1ccccc1F)Nc1ccc(C(F)(F)F)cc1. The molecule has 0 aliphatic heterocycles. The summed E-state index contributed by atoms with van der Waals surface area (Å²) < 4.78 is 50.6. The molecular weight excluding hydrogens is 342 g/mol. The Kier molecular flexibility index (Phi) is 5.58. The molecule has 3 amide bonds. The van der Waals surface area contributed by atoms with E-state index in [1.54, 1.807) is 0 Å². The van der Waals surface area contributed by atoms with Crippen LogP contribution in [0.1, 0.15) is 5.56 Å². The van der Waals surface area contributed by atoms with Crippen molar-refractivity contribution >= 4 is 23.3 Å². The summed E-state index contributed by atoms with van der Waals surface area (Å²) in [5.41, 5.74) is -0.745. The summed E-state index contributed by atoms with van der Waals surface area (Å²) in [4.78, 5) is 23.3. The highest BCUT2D eigenvalue weighted by Crippen LogP contribution is 2.29. The minimum atomic E-state index is -4.46. The fourth-order valence-electron chi connectivity index (χ4n) is 1.84. The van der Waals surface area contributed by atoms with Crippen LogP contribution in [0.2, 0.25) is 0 Å². The van der Waals surface area contributed by atoms with Crippen LogP contribution < -0.4 is 16.0 Å². The maximum Gasteiger partial charge on any atom is 0.416 e. The van der Waals surface area contributed by atoms with Gasteiger partial charge in [0.15, 0.2) is 0 Å². The second-order valence-corrected chi connectivity index (χ2v) is 4.91. The van der Waals surface area contributed by atoms with Crippen molar-refractivity contribution in [1.29, 1.82) is 0 Å². The van der Waals surface area contributed by atoms with E-state index in [-0.39, 0.29) is 11.4 Å². The largest absolute Gasteiger partial charge is 0.416 e. The molecule has 0 atom stereocenters. The van der Waals surface area contributed by atoms with Crippen LogP contribution >= 0.6 is 0 Å². The van der Waals surface area contributed by atoms with E-state index in [2.05, 4.69) is 16.0 Å². The van der Waals surface area contributed by atoms with Gasteiger partial charge in [0.2, 0.25) is 5.91 Å². The minimum Gasteiger partial charge on any atom is -0.329 e. The molecule has 0 saturated carbocycles. The van der Waals surface area contributed by atoms with Crippen LogP contribution in [0.3, 0.4) is 0 Å². The third kappa shape index (κ3) is 5.48. The lowest BCUT2D eigenvalue weighted by atomic mass is 10.2. The molecule has 132 valence electrons. The number of anilines is 2. The number of para-hydroxylation sites is 1. The smallest absolute Gasteiger partial charge is 0.329 e. The monoisotopic (exact) mass is 355 g/mol. The van der Waals surface area contributed by atoms with Crippen molar-refractivity contribution in [2.24, 2.45) is 0 Å². The lowest BCUT2D eigenvalue weighted by Gasteiger charge is -2.10. The number of benzene rings is 2. The first-order valence-electron chi connectivity index (χ1n) is 7.02. The topological polar surface area (TPSA) is 70.2 Å². The number of carbonyl (C=O) groups excluding carboxylic acids is 2. The molecule has 2 aromatic rings. The zero-order chi connectivity index (χ0) is 18.4. The van der Waals surface area contributed by atoms with E-state index < -0.39 is 36.0 Å². The van der Waals surface area contributed by atoms with Gasteiger partial charge in [-0.25, -0.2) is 9.18 Å². The molecule has 0 aliphatic carbocycles. The van der Waals surface area contributed by atoms with Crippen LogP contribution in [0, 0.1) is 5.82 Å². The first-order valence-corrected chi connectivity index (χ1v) is 7.02. The fourth-order valence-corrected chi connectivity index (χ4v) is 1.84. The van der Waals surface area contributed by atoms with Gasteiger partial charge in [0, 0.05) is 5.69 Å². The van der Waals surface area contributed by atoms with Gasteiger partial charge in [-0.15, -0.1) is 0 Å². The Morgan fingerprint density at radius 1 is 0.920 bits per heavy atom. The number of alkyl halides is 3. The number of hydrogen-bond acceptors (Lipinski definition) is 2. The predicted octanol–water partition coefficient (Wildman–Crippen LogP) is 3.60. The van der Waals surface area contributed by atoms with Crippen molar-refractivity contribution in [3.8, 4) is 0 Å². The molecule has 0 radical (unpaired) electrons. The van der Waals surface area contributed by atoms with Crippen molar-refractivity contribution in [3.05, 3.63) is 59.9 Å². The van der Waals surface area contributed by atoms with Gasteiger partial charge in [-0.3, -0.25) is 4.79 Å². The second kappa shape index (κ2) is 7.65. The van der Waals surface area contributed by atoms with Gasteiger partial charge in [-0.05, 0) is 36.4 Å². The van der Waals surface area contributed by atoms with Crippen molar-refractivity contribution in [2.45, 2.75) is 6.18 Å². The summed E-state index contributed by atoms with van der Waals surface area (Å²) in [5, 5.41) is 6.76. The van der Waals surface area contributed by atoms with Crippen molar-refractivity contribution in [3.63, 3.8) is 0 Å². The lowest BCUT2D eigenvalue weighted by Crippen LogP contribution is -2.36. The predicted molar refractivity (Wildman–Crippen MR) is 83.5 cm³/mol. The zero-order valence-electron chi connectivity index (χ0n) is 12.7. The van der Waals surface area contributed by atoms with E-state index in [0.29, 0.717) is 0 Å². The summed E-state index contributed by atoms with van der Waals surface area (Å²) in [6, 6.07) is 8.53. The highest BCUT2D eigenvalue weighted by Gasteiger charge is 2.29. The molecule has 5 nitrogen and oxygen atoms in total. The standard InChI is InChI=1S/C16H13F4N3O2/c17-12-3-1-2-4-13(12)23-15(25)21-9-14(24)22-11-7-5-10(6-8-11)16(18,19)20/h1-8H,9H2,(H,22,24)(H2,21,23,25). The highest BCUT2D eigenvalue weighted by atomic mass is 19.4. The lowest BCUT2D eigenvalue weighted by molar-refractivity contribution is -0.137. The average molecular weight is 355 g/mol. The maximum absolute atomic E-state index is 13.4. The molecule has 0 saturated heterocycles. The van der Waals surface area contributed by atoms with Gasteiger partial charge in [0.05, 0.1) is 17.8 Å². The van der Waals surface area contributed by atoms with Crippen LogP contribution in [-0.4, -0.2) is 18.5 Å². The molecular formula is C16H13F4N3O2. The summed E-state index contributed by atoms with van der Waals surface area (Å²) in [6.45, 7) is -0.443. The second-order valence-electron chi connectivity index (χ2n) is 4.91. The Morgan fingerprint density at radius 2 is 1.56 bits per heavy atom.